The number of benzene rings is 1. The van der Waals surface area contributed by atoms with Crippen LogP contribution in [0.2, 0.25) is 0 Å². The van der Waals surface area contributed by atoms with E-state index in [0.717, 1.165) is 22.6 Å². The van der Waals surface area contributed by atoms with Crippen LogP contribution < -0.4 is 0 Å². The summed E-state index contributed by atoms with van der Waals surface area (Å²) < 4.78 is 0. The maximum atomic E-state index is 12.2. The van der Waals surface area contributed by atoms with Gasteiger partial charge in [0.2, 0.25) is 0 Å². The standard InChI is InChI=1S/C12H9NOS/c13-6-8-5-12(8)7-15-10-4-2-1-3-9(10)11(12)14/h1-4,8H,5,7H2/t8-,12+/m1/s1. The topological polar surface area (TPSA) is 40.9 Å². The maximum absolute atomic E-state index is 12.2. The zero-order valence-corrected chi connectivity index (χ0v) is 8.88. The van der Waals surface area contributed by atoms with E-state index in [0.29, 0.717) is 0 Å². The Morgan fingerprint density at radius 2 is 2.27 bits per heavy atom. The average Bonchev–Trinajstić information content (AvgIpc) is 2.99. The molecule has 0 saturated heterocycles. The molecule has 0 radical (unpaired) electrons. The number of hydrogen-bond donors (Lipinski definition) is 0. The Kier molecular flexibility index (Phi) is 1.72. The van der Waals surface area contributed by atoms with Gasteiger partial charge in [0.15, 0.2) is 5.78 Å². The van der Waals surface area contributed by atoms with E-state index in [-0.39, 0.29) is 17.1 Å². The molecule has 0 amide bonds. The van der Waals surface area contributed by atoms with Gasteiger partial charge >= 0.3 is 0 Å². The number of nitrogens with zero attached hydrogens (tertiary/aromatic N) is 1. The Balaban J connectivity index is 2.05. The SMILES string of the molecule is N#C[C@H]1C[C@]12CSc1ccccc1C2=O. The zero-order chi connectivity index (χ0) is 10.5. The molecule has 2 atom stereocenters. The highest BCUT2D eigenvalue weighted by Gasteiger charge is 2.61. The predicted molar refractivity (Wildman–Crippen MR) is 57.6 cm³/mol. The van der Waals surface area contributed by atoms with Gasteiger partial charge in [0.05, 0.1) is 17.4 Å². The second kappa shape index (κ2) is 2.86. The molecule has 1 aliphatic carbocycles. The van der Waals surface area contributed by atoms with Gasteiger partial charge in [0.1, 0.15) is 0 Å². The van der Waals surface area contributed by atoms with Gasteiger partial charge in [-0.25, -0.2) is 0 Å². The number of fused-ring (bicyclic) bond motifs is 1. The van der Waals surface area contributed by atoms with E-state index in [1.165, 1.54) is 0 Å². The molecule has 1 saturated carbocycles. The van der Waals surface area contributed by atoms with Gasteiger partial charge in [-0.3, -0.25) is 4.79 Å². The van der Waals surface area contributed by atoms with Crippen LogP contribution in [0.25, 0.3) is 0 Å². The van der Waals surface area contributed by atoms with Crippen LogP contribution in [0.4, 0.5) is 0 Å². The van der Waals surface area contributed by atoms with E-state index in [9.17, 15) is 4.79 Å². The highest BCUT2D eigenvalue weighted by atomic mass is 32.2. The molecule has 3 rings (SSSR count). The predicted octanol–water partition coefficient (Wildman–Crippen LogP) is 2.50. The van der Waals surface area contributed by atoms with Crippen LogP contribution in [0.3, 0.4) is 0 Å². The second-order valence-electron chi connectivity index (χ2n) is 4.16. The molecule has 0 aromatic heterocycles. The van der Waals surface area contributed by atoms with Gasteiger partial charge in [-0.1, -0.05) is 18.2 Å². The van der Waals surface area contributed by atoms with E-state index in [1.807, 2.05) is 24.3 Å². The first kappa shape index (κ1) is 8.99. The quantitative estimate of drug-likeness (QED) is 0.667. The zero-order valence-electron chi connectivity index (χ0n) is 8.06. The van der Waals surface area contributed by atoms with Crippen molar-refractivity contribution in [1.82, 2.24) is 0 Å². The highest BCUT2D eigenvalue weighted by Crippen LogP contribution is 2.59. The molecule has 2 aliphatic rings. The lowest BCUT2D eigenvalue weighted by molar-refractivity contribution is 0.0903. The van der Waals surface area contributed by atoms with E-state index in [1.54, 1.807) is 11.8 Å². The van der Waals surface area contributed by atoms with Gasteiger partial charge in [-0.15, -0.1) is 11.8 Å². The Bertz CT molecular complexity index is 491. The van der Waals surface area contributed by atoms with E-state index in [4.69, 9.17) is 5.26 Å². The Morgan fingerprint density at radius 3 is 3.00 bits per heavy atom. The molecular formula is C12H9NOS. The molecule has 2 nitrogen and oxygen atoms in total. The van der Waals surface area contributed by atoms with E-state index in [2.05, 4.69) is 6.07 Å². The summed E-state index contributed by atoms with van der Waals surface area (Å²) in [5, 5.41) is 8.88. The molecule has 15 heavy (non-hydrogen) atoms. The van der Waals surface area contributed by atoms with Crippen LogP contribution in [0.1, 0.15) is 16.8 Å². The van der Waals surface area contributed by atoms with Crippen molar-refractivity contribution in [3.05, 3.63) is 29.8 Å². The summed E-state index contributed by atoms with van der Waals surface area (Å²) in [6, 6.07) is 9.92. The number of ketones is 1. The minimum Gasteiger partial charge on any atom is -0.293 e. The van der Waals surface area contributed by atoms with Crippen molar-refractivity contribution in [1.29, 1.82) is 5.26 Å². The van der Waals surface area contributed by atoms with Gasteiger partial charge in [-0.05, 0) is 12.5 Å². The molecule has 1 aromatic carbocycles. The lowest BCUT2D eigenvalue weighted by Gasteiger charge is -2.22. The third-order valence-electron chi connectivity index (χ3n) is 3.30. The summed E-state index contributed by atoms with van der Waals surface area (Å²) >= 11 is 1.71. The number of nitriles is 1. The third kappa shape index (κ3) is 1.09. The molecule has 1 aliphatic heterocycles. The molecule has 1 spiro atoms. The Hall–Kier alpha value is -1.27. The fourth-order valence-corrected chi connectivity index (χ4v) is 3.56. The molecule has 0 unspecified atom stereocenters. The molecule has 1 fully saturated rings. The Morgan fingerprint density at radius 1 is 1.47 bits per heavy atom. The smallest absolute Gasteiger partial charge is 0.172 e. The van der Waals surface area contributed by atoms with Gasteiger partial charge < -0.3 is 0 Å². The van der Waals surface area contributed by atoms with Crippen LogP contribution in [0.5, 0.6) is 0 Å². The molecule has 0 N–H and O–H groups in total. The van der Waals surface area contributed by atoms with Crippen molar-refractivity contribution in [3.63, 3.8) is 0 Å². The summed E-state index contributed by atoms with van der Waals surface area (Å²) in [5.74, 6) is 0.912. The molecule has 0 bridgehead atoms. The Labute approximate surface area is 92.3 Å². The maximum Gasteiger partial charge on any atom is 0.172 e. The molecular weight excluding hydrogens is 206 g/mol. The summed E-state index contributed by atoms with van der Waals surface area (Å²) in [7, 11) is 0. The molecule has 1 aromatic rings. The van der Waals surface area contributed by atoms with Gasteiger partial charge in [0, 0.05) is 16.2 Å². The molecule has 3 heteroatoms. The second-order valence-corrected chi connectivity index (χ2v) is 5.17. The first-order valence-electron chi connectivity index (χ1n) is 4.94. The fraction of sp³-hybridized carbons (Fsp3) is 0.333. The number of hydrogen-bond acceptors (Lipinski definition) is 3. The molecule has 74 valence electrons. The fourth-order valence-electron chi connectivity index (χ4n) is 2.21. The van der Waals surface area contributed by atoms with Crippen molar-refractivity contribution in [2.24, 2.45) is 11.3 Å². The lowest BCUT2D eigenvalue weighted by Crippen LogP contribution is -2.25. The van der Waals surface area contributed by atoms with Crippen LogP contribution >= 0.6 is 11.8 Å². The van der Waals surface area contributed by atoms with Gasteiger partial charge in [0.25, 0.3) is 0 Å². The average molecular weight is 215 g/mol. The largest absolute Gasteiger partial charge is 0.293 e. The first-order valence-corrected chi connectivity index (χ1v) is 5.93. The van der Waals surface area contributed by atoms with Crippen molar-refractivity contribution in [2.45, 2.75) is 11.3 Å². The van der Waals surface area contributed by atoms with Crippen molar-refractivity contribution >= 4 is 17.5 Å². The summed E-state index contributed by atoms with van der Waals surface area (Å²) in [5.41, 5.74) is 0.472. The van der Waals surface area contributed by atoms with Crippen molar-refractivity contribution in [2.75, 3.05) is 5.75 Å². The van der Waals surface area contributed by atoms with Crippen molar-refractivity contribution < 1.29 is 4.79 Å². The lowest BCUT2D eigenvalue weighted by atomic mass is 9.93. The number of Topliss-reactive ketones (excluding diaryl/α,β-unsaturated/α-hetero) is 1. The number of thioether (sulfide) groups is 1. The first-order chi connectivity index (χ1) is 7.28. The minimum absolute atomic E-state index is 0.0501. The van der Waals surface area contributed by atoms with Gasteiger partial charge in [-0.2, -0.15) is 5.26 Å². The summed E-state index contributed by atoms with van der Waals surface area (Å²) in [4.78, 5) is 13.3. The third-order valence-corrected chi connectivity index (χ3v) is 4.63. The van der Waals surface area contributed by atoms with Crippen molar-refractivity contribution in [3.8, 4) is 6.07 Å². The highest BCUT2D eigenvalue weighted by molar-refractivity contribution is 7.99. The van der Waals surface area contributed by atoms with Crippen LogP contribution in [0, 0.1) is 22.7 Å². The van der Waals surface area contributed by atoms with Crippen LogP contribution in [-0.4, -0.2) is 11.5 Å². The number of carbonyl (C=O) groups excluding carboxylic acids is 1. The van der Waals surface area contributed by atoms with Crippen LogP contribution in [-0.2, 0) is 0 Å². The molecule has 1 heterocycles. The number of carbonyl (C=O) groups is 1. The van der Waals surface area contributed by atoms with Crippen LogP contribution in [0.15, 0.2) is 29.2 Å². The summed E-state index contributed by atoms with van der Waals surface area (Å²) in [6.07, 6.45) is 0.754. The van der Waals surface area contributed by atoms with E-state index >= 15 is 0 Å². The minimum atomic E-state index is -0.340. The number of rotatable bonds is 0. The normalized spacial score (nSPS) is 32.2. The monoisotopic (exact) mass is 215 g/mol. The summed E-state index contributed by atoms with van der Waals surface area (Å²) in [6.45, 7) is 0. The van der Waals surface area contributed by atoms with E-state index < -0.39 is 0 Å².